The van der Waals surface area contributed by atoms with Gasteiger partial charge in [-0.15, -0.1) is 0 Å². The Morgan fingerprint density at radius 3 is 2.71 bits per heavy atom. The average molecular weight is 282 g/mol. The van der Waals surface area contributed by atoms with E-state index in [1.807, 2.05) is 12.3 Å². The lowest BCUT2D eigenvalue weighted by Gasteiger charge is -2.36. The van der Waals surface area contributed by atoms with Crippen LogP contribution in [0.25, 0.3) is 0 Å². The molecule has 1 fully saturated rings. The standard InChI is InChI=1S/C18H22N2O/c1-21-18-11-10-16(13-19-18)17-9-5-6-12-20(17)14-15-7-3-2-4-8-15/h2-4,7-8,10-11,13,17H,5-6,9,12,14H2,1H3/t17-/m0/s1. The molecule has 0 radical (unpaired) electrons. The van der Waals surface area contributed by atoms with E-state index in [-0.39, 0.29) is 0 Å². The summed E-state index contributed by atoms with van der Waals surface area (Å²) < 4.78 is 5.15. The van der Waals surface area contributed by atoms with Crippen molar-refractivity contribution in [1.82, 2.24) is 9.88 Å². The van der Waals surface area contributed by atoms with Crippen molar-refractivity contribution in [1.29, 1.82) is 0 Å². The Kier molecular flexibility index (Phi) is 4.51. The van der Waals surface area contributed by atoms with Crippen LogP contribution < -0.4 is 4.74 Å². The predicted molar refractivity (Wildman–Crippen MR) is 84.2 cm³/mol. The highest BCUT2D eigenvalue weighted by Crippen LogP contribution is 2.32. The third-order valence-electron chi connectivity index (χ3n) is 4.20. The number of hydrogen-bond acceptors (Lipinski definition) is 3. The zero-order chi connectivity index (χ0) is 14.5. The quantitative estimate of drug-likeness (QED) is 0.852. The molecule has 0 bridgehead atoms. The summed E-state index contributed by atoms with van der Waals surface area (Å²) in [4.78, 5) is 6.94. The zero-order valence-corrected chi connectivity index (χ0v) is 12.5. The first kappa shape index (κ1) is 14.1. The molecular weight excluding hydrogens is 260 g/mol. The maximum absolute atomic E-state index is 5.15. The third kappa shape index (κ3) is 3.42. The average Bonchev–Trinajstić information content (AvgIpc) is 2.56. The Morgan fingerprint density at radius 2 is 2.00 bits per heavy atom. The molecule has 1 saturated heterocycles. The van der Waals surface area contributed by atoms with Crippen molar-refractivity contribution in [3.05, 3.63) is 59.8 Å². The Morgan fingerprint density at radius 1 is 1.14 bits per heavy atom. The summed E-state index contributed by atoms with van der Waals surface area (Å²) in [6, 6.07) is 15.3. The van der Waals surface area contributed by atoms with Crippen LogP contribution >= 0.6 is 0 Å². The summed E-state index contributed by atoms with van der Waals surface area (Å²) in [5, 5.41) is 0. The highest BCUT2D eigenvalue weighted by atomic mass is 16.5. The molecule has 21 heavy (non-hydrogen) atoms. The Bertz CT molecular complexity index is 553. The van der Waals surface area contributed by atoms with Crippen molar-refractivity contribution in [3.8, 4) is 5.88 Å². The van der Waals surface area contributed by atoms with Crippen LogP contribution in [0.3, 0.4) is 0 Å². The zero-order valence-electron chi connectivity index (χ0n) is 12.5. The second kappa shape index (κ2) is 6.72. The summed E-state index contributed by atoms with van der Waals surface area (Å²) in [6.45, 7) is 2.17. The fourth-order valence-corrected chi connectivity index (χ4v) is 3.09. The van der Waals surface area contributed by atoms with Gasteiger partial charge in [-0.3, -0.25) is 4.90 Å². The van der Waals surface area contributed by atoms with Crippen LogP contribution in [0.5, 0.6) is 5.88 Å². The van der Waals surface area contributed by atoms with E-state index in [4.69, 9.17) is 4.74 Å². The molecule has 1 aromatic heterocycles. The molecule has 1 aliphatic rings. The van der Waals surface area contributed by atoms with Gasteiger partial charge in [0.1, 0.15) is 0 Å². The van der Waals surface area contributed by atoms with E-state index in [0.29, 0.717) is 11.9 Å². The number of hydrogen-bond donors (Lipinski definition) is 0. The van der Waals surface area contributed by atoms with Gasteiger partial charge in [0.15, 0.2) is 0 Å². The predicted octanol–water partition coefficient (Wildman–Crippen LogP) is 3.82. The van der Waals surface area contributed by atoms with Gasteiger partial charge < -0.3 is 4.74 Å². The maximum atomic E-state index is 5.15. The number of aromatic nitrogens is 1. The second-order valence-corrected chi connectivity index (χ2v) is 5.60. The number of nitrogens with zero attached hydrogens (tertiary/aromatic N) is 2. The molecule has 3 heteroatoms. The van der Waals surface area contributed by atoms with Gasteiger partial charge in [0, 0.05) is 24.8 Å². The normalized spacial score (nSPS) is 19.4. The van der Waals surface area contributed by atoms with Crippen LogP contribution in [0.15, 0.2) is 48.7 Å². The molecule has 2 aromatic rings. The van der Waals surface area contributed by atoms with Crippen LogP contribution in [0.4, 0.5) is 0 Å². The summed E-state index contributed by atoms with van der Waals surface area (Å²) in [5.74, 6) is 0.684. The first-order valence-electron chi connectivity index (χ1n) is 7.65. The largest absolute Gasteiger partial charge is 0.481 e. The van der Waals surface area contributed by atoms with Crippen LogP contribution in [0.2, 0.25) is 0 Å². The topological polar surface area (TPSA) is 25.4 Å². The minimum Gasteiger partial charge on any atom is -0.481 e. The van der Waals surface area contributed by atoms with E-state index in [1.54, 1.807) is 7.11 Å². The van der Waals surface area contributed by atoms with Gasteiger partial charge in [0.25, 0.3) is 0 Å². The number of pyridine rings is 1. The monoisotopic (exact) mass is 282 g/mol. The summed E-state index contributed by atoms with van der Waals surface area (Å²) >= 11 is 0. The Hall–Kier alpha value is -1.87. The van der Waals surface area contributed by atoms with Crippen LogP contribution in [-0.2, 0) is 6.54 Å². The molecule has 1 aromatic carbocycles. The van der Waals surface area contributed by atoms with Gasteiger partial charge in [-0.1, -0.05) is 42.8 Å². The first-order chi connectivity index (χ1) is 10.4. The SMILES string of the molecule is COc1ccc([C@@H]2CCCCN2Cc2ccccc2)cn1. The van der Waals surface area contributed by atoms with Crippen molar-refractivity contribution in [2.24, 2.45) is 0 Å². The molecular formula is C18H22N2O. The minimum absolute atomic E-state index is 0.470. The van der Waals surface area contributed by atoms with E-state index in [0.717, 1.165) is 13.1 Å². The molecule has 110 valence electrons. The fraction of sp³-hybridized carbons (Fsp3) is 0.389. The van der Waals surface area contributed by atoms with Crippen molar-refractivity contribution in [2.45, 2.75) is 31.8 Å². The number of piperidine rings is 1. The Labute approximate surface area is 126 Å². The summed E-state index contributed by atoms with van der Waals surface area (Å²) in [7, 11) is 1.66. The molecule has 0 aliphatic carbocycles. The van der Waals surface area contributed by atoms with Gasteiger partial charge in [-0.2, -0.15) is 0 Å². The van der Waals surface area contributed by atoms with E-state index in [1.165, 1.54) is 30.4 Å². The van der Waals surface area contributed by atoms with Crippen molar-refractivity contribution < 1.29 is 4.74 Å². The van der Waals surface area contributed by atoms with Crippen molar-refractivity contribution in [2.75, 3.05) is 13.7 Å². The molecule has 1 aliphatic heterocycles. The van der Waals surface area contributed by atoms with E-state index >= 15 is 0 Å². The molecule has 0 spiro atoms. The Balaban J connectivity index is 1.77. The maximum Gasteiger partial charge on any atom is 0.212 e. The first-order valence-corrected chi connectivity index (χ1v) is 7.65. The van der Waals surface area contributed by atoms with E-state index in [9.17, 15) is 0 Å². The number of methoxy groups -OCH3 is 1. The molecule has 0 amide bonds. The molecule has 3 nitrogen and oxygen atoms in total. The number of likely N-dealkylation sites (tertiary alicyclic amines) is 1. The highest BCUT2D eigenvalue weighted by molar-refractivity contribution is 5.22. The van der Waals surface area contributed by atoms with E-state index < -0.39 is 0 Å². The van der Waals surface area contributed by atoms with E-state index in [2.05, 4.69) is 46.3 Å². The highest BCUT2D eigenvalue weighted by Gasteiger charge is 2.24. The lowest BCUT2D eigenvalue weighted by molar-refractivity contribution is 0.140. The van der Waals surface area contributed by atoms with Crippen molar-refractivity contribution in [3.63, 3.8) is 0 Å². The number of benzene rings is 1. The molecule has 1 atom stereocenters. The molecule has 0 N–H and O–H groups in total. The van der Waals surface area contributed by atoms with Gasteiger partial charge >= 0.3 is 0 Å². The molecule has 0 saturated carbocycles. The lowest BCUT2D eigenvalue weighted by Crippen LogP contribution is -2.32. The minimum atomic E-state index is 0.470. The third-order valence-corrected chi connectivity index (χ3v) is 4.20. The van der Waals surface area contributed by atoms with Gasteiger partial charge in [-0.05, 0) is 30.5 Å². The second-order valence-electron chi connectivity index (χ2n) is 5.60. The number of ether oxygens (including phenoxy) is 1. The smallest absolute Gasteiger partial charge is 0.212 e. The fourth-order valence-electron chi connectivity index (χ4n) is 3.09. The molecule has 0 unspecified atom stereocenters. The van der Waals surface area contributed by atoms with Crippen molar-refractivity contribution >= 4 is 0 Å². The van der Waals surface area contributed by atoms with Crippen LogP contribution in [0.1, 0.15) is 36.4 Å². The van der Waals surface area contributed by atoms with Gasteiger partial charge in [-0.25, -0.2) is 4.98 Å². The van der Waals surface area contributed by atoms with Gasteiger partial charge in [0.05, 0.1) is 7.11 Å². The number of rotatable bonds is 4. The summed E-state index contributed by atoms with van der Waals surface area (Å²) in [6.07, 6.45) is 5.75. The van der Waals surface area contributed by atoms with Gasteiger partial charge in [0.2, 0.25) is 5.88 Å². The summed E-state index contributed by atoms with van der Waals surface area (Å²) in [5.41, 5.74) is 2.68. The molecule has 2 heterocycles. The lowest BCUT2D eigenvalue weighted by atomic mass is 9.96. The van der Waals surface area contributed by atoms with Crippen LogP contribution in [0, 0.1) is 0 Å². The van der Waals surface area contributed by atoms with Crippen LogP contribution in [-0.4, -0.2) is 23.5 Å². The molecule has 3 rings (SSSR count).